The lowest BCUT2D eigenvalue weighted by atomic mass is 10.1. The van der Waals surface area contributed by atoms with Crippen LogP contribution in [0.4, 0.5) is 0 Å². The Kier molecular flexibility index (Phi) is 3.53. The van der Waals surface area contributed by atoms with E-state index in [9.17, 15) is 8.42 Å². The number of nitrogens with zero attached hydrogens (tertiary/aromatic N) is 1. The van der Waals surface area contributed by atoms with Crippen LogP contribution in [0, 0.1) is 11.3 Å². The smallest absolute Gasteiger partial charge is 0.339 e. The summed E-state index contributed by atoms with van der Waals surface area (Å²) in [5.74, 6) is 0.118. The number of hydrogen-bond acceptors (Lipinski definition) is 4. The lowest BCUT2D eigenvalue weighted by Crippen LogP contribution is -2.09. The van der Waals surface area contributed by atoms with Crippen molar-refractivity contribution in [1.29, 1.82) is 5.26 Å². The molecule has 0 N–H and O–H groups in total. The van der Waals surface area contributed by atoms with Gasteiger partial charge in [-0.3, -0.25) is 0 Å². The number of fused-ring (bicyclic) bond motifs is 1. The molecule has 3 aromatic carbocycles. The Balaban J connectivity index is 1.99. The highest BCUT2D eigenvalue weighted by Crippen LogP contribution is 2.23. The molecule has 3 rings (SSSR count). The standard InChI is InChI=1S/C17H11NO3S/c18-12-13-4-3-7-16(10-13)21-22(19,20)17-9-8-14-5-1-2-6-15(14)11-17/h1-11H. The lowest BCUT2D eigenvalue weighted by Gasteiger charge is -2.08. The summed E-state index contributed by atoms with van der Waals surface area (Å²) in [6.07, 6.45) is 0. The molecule has 0 atom stereocenters. The van der Waals surface area contributed by atoms with Crippen molar-refractivity contribution in [3.63, 3.8) is 0 Å². The molecule has 0 amide bonds. The molecule has 0 aliphatic carbocycles. The first-order valence-electron chi connectivity index (χ1n) is 6.52. The third-order valence-corrected chi connectivity index (χ3v) is 4.42. The maximum absolute atomic E-state index is 12.3. The molecule has 0 heterocycles. The van der Waals surface area contributed by atoms with E-state index in [1.54, 1.807) is 24.3 Å². The van der Waals surface area contributed by atoms with Crippen molar-refractivity contribution in [1.82, 2.24) is 0 Å². The first-order valence-corrected chi connectivity index (χ1v) is 7.93. The largest absolute Gasteiger partial charge is 0.379 e. The van der Waals surface area contributed by atoms with Gasteiger partial charge in [-0.15, -0.1) is 0 Å². The summed E-state index contributed by atoms with van der Waals surface area (Å²) in [6.45, 7) is 0. The fourth-order valence-electron chi connectivity index (χ4n) is 2.12. The Bertz CT molecular complexity index is 988. The van der Waals surface area contributed by atoms with Gasteiger partial charge in [-0.25, -0.2) is 0 Å². The molecular formula is C17H11NO3S. The molecule has 3 aromatic rings. The predicted octanol–water partition coefficient (Wildman–Crippen LogP) is 3.48. The zero-order chi connectivity index (χ0) is 15.6. The van der Waals surface area contributed by atoms with E-state index in [2.05, 4.69) is 0 Å². The quantitative estimate of drug-likeness (QED) is 0.695. The fraction of sp³-hybridized carbons (Fsp3) is 0. The lowest BCUT2D eigenvalue weighted by molar-refractivity contribution is 0.486. The maximum Gasteiger partial charge on any atom is 0.339 e. The maximum atomic E-state index is 12.3. The van der Waals surface area contributed by atoms with E-state index in [1.165, 1.54) is 18.2 Å². The number of rotatable bonds is 3. The van der Waals surface area contributed by atoms with Gasteiger partial charge in [0.1, 0.15) is 10.6 Å². The minimum Gasteiger partial charge on any atom is -0.379 e. The van der Waals surface area contributed by atoms with Crippen molar-refractivity contribution >= 4 is 20.9 Å². The molecule has 5 heteroatoms. The van der Waals surface area contributed by atoms with Crippen LogP contribution in [-0.2, 0) is 10.1 Å². The highest BCUT2D eigenvalue weighted by atomic mass is 32.2. The predicted molar refractivity (Wildman–Crippen MR) is 82.9 cm³/mol. The minimum absolute atomic E-state index is 0.0774. The molecule has 0 fully saturated rings. The third kappa shape index (κ3) is 2.78. The Hall–Kier alpha value is -2.84. The van der Waals surface area contributed by atoms with Gasteiger partial charge in [0.2, 0.25) is 0 Å². The van der Waals surface area contributed by atoms with Crippen LogP contribution in [0.15, 0.2) is 71.6 Å². The molecule has 0 unspecified atom stereocenters. The van der Waals surface area contributed by atoms with Gasteiger partial charge in [0, 0.05) is 0 Å². The second-order valence-electron chi connectivity index (χ2n) is 4.69. The second-order valence-corrected chi connectivity index (χ2v) is 6.23. The fourth-order valence-corrected chi connectivity index (χ4v) is 3.07. The Morgan fingerprint density at radius 1 is 0.864 bits per heavy atom. The van der Waals surface area contributed by atoms with Crippen molar-refractivity contribution in [3.8, 4) is 11.8 Å². The molecule has 4 nitrogen and oxygen atoms in total. The molecule has 22 heavy (non-hydrogen) atoms. The topological polar surface area (TPSA) is 67.2 Å². The van der Waals surface area contributed by atoms with Crippen LogP contribution in [0.5, 0.6) is 5.75 Å². The van der Waals surface area contributed by atoms with Crippen LogP contribution < -0.4 is 4.18 Å². The molecule has 0 aliphatic heterocycles. The number of hydrogen-bond donors (Lipinski definition) is 0. The molecule has 0 saturated carbocycles. The van der Waals surface area contributed by atoms with E-state index in [-0.39, 0.29) is 10.6 Å². The van der Waals surface area contributed by atoms with Crippen LogP contribution in [0.1, 0.15) is 5.56 Å². The van der Waals surface area contributed by atoms with E-state index < -0.39 is 10.1 Å². The summed E-state index contributed by atoms with van der Waals surface area (Å²) in [5.41, 5.74) is 0.339. The van der Waals surface area contributed by atoms with Gasteiger partial charge >= 0.3 is 10.1 Å². The summed E-state index contributed by atoms with van der Waals surface area (Å²) < 4.78 is 29.8. The van der Waals surface area contributed by atoms with E-state index in [1.807, 2.05) is 30.3 Å². The highest BCUT2D eigenvalue weighted by molar-refractivity contribution is 7.87. The Labute approximate surface area is 128 Å². The van der Waals surface area contributed by atoms with Gasteiger partial charge < -0.3 is 4.18 Å². The number of nitriles is 1. The van der Waals surface area contributed by atoms with Crippen molar-refractivity contribution in [2.24, 2.45) is 0 Å². The SMILES string of the molecule is N#Cc1cccc(OS(=O)(=O)c2ccc3ccccc3c2)c1. The zero-order valence-corrected chi connectivity index (χ0v) is 12.2. The summed E-state index contributed by atoms with van der Waals surface area (Å²) >= 11 is 0. The zero-order valence-electron chi connectivity index (χ0n) is 11.4. The van der Waals surface area contributed by atoms with Gasteiger partial charge in [0.25, 0.3) is 0 Å². The average molecular weight is 309 g/mol. The van der Waals surface area contributed by atoms with E-state index in [0.717, 1.165) is 10.8 Å². The van der Waals surface area contributed by atoms with Crippen molar-refractivity contribution in [2.75, 3.05) is 0 Å². The van der Waals surface area contributed by atoms with Crippen LogP contribution in [0.3, 0.4) is 0 Å². The molecule has 0 aliphatic rings. The van der Waals surface area contributed by atoms with Crippen LogP contribution in [0.25, 0.3) is 10.8 Å². The molecular weight excluding hydrogens is 298 g/mol. The van der Waals surface area contributed by atoms with Gasteiger partial charge in [-0.05, 0) is 41.1 Å². The summed E-state index contributed by atoms with van der Waals surface area (Å²) in [7, 11) is -3.94. The third-order valence-electron chi connectivity index (χ3n) is 3.18. The van der Waals surface area contributed by atoms with Gasteiger partial charge in [-0.2, -0.15) is 13.7 Å². The molecule has 0 spiro atoms. The van der Waals surface area contributed by atoms with Crippen molar-refractivity contribution in [3.05, 3.63) is 72.3 Å². The molecule has 0 aromatic heterocycles. The summed E-state index contributed by atoms with van der Waals surface area (Å²) in [4.78, 5) is 0.0774. The van der Waals surface area contributed by atoms with Crippen LogP contribution >= 0.6 is 0 Å². The Morgan fingerprint density at radius 2 is 1.64 bits per heavy atom. The van der Waals surface area contributed by atoms with Gasteiger partial charge in [0.05, 0.1) is 11.6 Å². The number of benzene rings is 3. The van der Waals surface area contributed by atoms with Crippen molar-refractivity contribution < 1.29 is 12.6 Å². The minimum atomic E-state index is -3.94. The molecule has 108 valence electrons. The van der Waals surface area contributed by atoms with E-state index >= 15 is 0 Å². The summed E-state index contributed by atoms with van der Waals surface area (Å²) in [5, 5.41) is 10.6. The Morgan fingerprint density at radius 3 is 2.41 bits per heavy atom. The van der Waals surface area contributed by atoms with Gasteiger partial charge in [0.15, 0.2) is 0 Å². The van der Waals surface area contributed by atoms with E-state index in [4.69, 9.17) is 9.44 Å². The highest BCUT2D eigenvalue weighted by Gasteiger charge is 2.17. The summed E-state index contributed by atoms with van der Waals surface area (Å²) in [6, 6.07) is 20.3. The van der Waals surface area contributed by atoms with Crippen LogP contribution in [-0.4, -0.2) is 8.42 Å². The molecule has 0 radical (unpaired) electrons. The first kappa shape index (κ1) is 14.1. The molecule has 0 bridgehead atoms. The first-order chi connectivity index (χ1) is 10.6. The van der Waals surface area contributed by atoms with Crippen LogP contribution in [0.2, 0.25) is 0 Å². The van der Waals surface area contributed by atoms with Crippen molar-refractivity contribution in [2.45, 2.75) is 4.90 Å². The van der Waals surface area contributed by atoms with Gasteiger partial charge in [-0.1, -0.05) is 36.4 Å². The second kappa shape index (κ2) is 5.51. The average Bonchev–Trinajstić information content (AvgIpc) is 2.54. The van der Waals surface area contributed by atoms with E-state index in [0.29, 0.717) is 5.56 Å². The normalized spacial score (nSPS) is 11.0. The molecule has 0 saturated heterocycles. The monoisotopic (exact) mass is 309 g/mol.